The fraction of sp³-hybridized carbons (Fsp3) is 0.273. The molecule has 0 radical (unpaired) electrons. The van der Waals surface area contributed by atoms with Crippen LogP contribution in [0, 0.1) is 12.8 Å². The van der Waals surface area contributed by atoms with Gasteiger partial charge in [-0.1, -0.05) is 59.9 Å². The van der Waals surface area contributed by atoms with Crippen LogP contribution in [0.5, 0.6) is 0 Å². The maximum absolute atomic E-state index is 12.6. The van der Waals surface area contributed by atoms with Crippen LogP contribution in [0.25, 0.3) is 11.5 Å². The van der Waals surface area contributed by atoms with E-state index < -0.39 is 17.9 Å². The molecule has 162 valence electrons. The van der Waals surface area contributed by atoms with E-state index in [2.05, 4.69) is 15.5 Å². The zero-order chi connectivity index (χ0) is 22.5. The van der Waals surface area contributed by atoms with Gasteiger partial charge in [0.1, 0.15) is 6.04 Å². The molecule has 31 heavy (non-hydrogen) atoms. The lowest BCUT2D eigenvalue weighted by molar-refractivity contribution is -0.148. The van der Waals surface area contributed by atoms with Crippen molar-refractivity contribution in [3.8, 4) is 11.5 Å². The lowest BCUT2D eigenvalue weighted by Gasteiger charge is -2.20. The van der Waals surface area contributed by atoms with E-state index in [0.717, 1.165) is 11.1 Å². The molecule has 0 aliphatic carbocycles. The molecule has 1 atom stereocenters. The summed E-state index contributed by atoms with van der Waals surface area (Å²) in [7, 11) is 0. The Morgan fingerprint density at radius 1 is 1.13 bits per heavy atom. The number of hydrogen-bond donors (Lipinski definition) is 1. The molecule has 9 heteroatoms. The highest BCUT2D eigenvalue weighted by molar-refractivity contribution is 6.36. The van der Waals surface area contributed by atoms with Gasteiger partial charge in [0.05, 0.1) is 10.6 Å². The van der Waals surface area contributed by atoms with Gasteiger partial charge in [-0.15, -0.1) is 0 Å². The number of ether oxygens (including phenoxy) is 1. The van der Waals surface area contributed by atoms with Crippen molar-refractivity contribution in [2.45, 2.75) is 33.4 Å². The Morgan fingerprint density at radius 2 is 1.84 bits per heavy atom. The van der Waals surface area contributed by atoms with Gasteiger partial charge in [-0.3, -0.25) is 4.79 Å². The Balaban J connectivity index is 1.63. The molecule has 0 spiro atoms. The van der Waals surface area contributed by atoms with Crippen LogP contribution in [0.1, 0.15) is 35.6 Å². The molecule has 0 saturated carbocycles. The van der Waals surface area contributed by atoms with Crippen molar-refractivity contribution in [2.24, 2.45) is 5.92 Å². The number of halogens is 2. The van der Waals surface area contributed by atoms with Crippen molar-refractivity contribution < 1.29 is 18.8 Å². The number of nitrogens with zero attached hydrogens (tertiary/aromatic N) is 2. The van der Waals surface area contributed by atoms with E-state index in [1.165, 1.54) is 12.1 Å². The fourth-order valence-electron chi connectivity index (χ4n) is 2.74. The van der Waals surface area contributed by atoms with Crippen LogP contribution in [-0.4, -0.2) is 28.1 Å². The number of carbonyl (C=O) groups excluding carboxylic acids is 2. The summed E-state index contributed by atoms with van der Waals surface area (Å²) < 4.78 is 10.5. The number of aromatic nitrogens is 2. The molecular weight excluding hydrogens is 441 g/mol. The average molecular weight is 462 g/mol. The van der Waals surface area contributed by atoms with Crippen molar-refractivity contribution in [3.63, 3.8) is 0 Å². The van der Waals surface area contributed by atoms with Gasteiger partial charge in [0, 0.05) is 10.6 Å². The molecule has 3 rings (SSSR count). The van der Waals surface area contributed by atoms with Gasteiger partial charge >= 0.3 is 5.97 Å². The van der Waals surface area contributed by atoms with Crippen LogP contribution in [0.4, 0.5) is 0 Å². The Labute approximate surface area is 189 Å². The zero-order valence-corrected chi connectivity index (χ0v) is 18.7. The van der Waals surface area contributed by atoms with Crippen LogP contribution in [0.2, 0.25) is 10.0 Å². The number of esters is 1. The first-order chi connectivity index (χ1) is 14.7. The summed E-state index contributed by atoms with van der Waals surface area (Å²) in [5.41, 5.74) is 2.09. The van der Waals surface area contributed by atoms with Crippen LogP contribution < -0.4 is 5.32 Å². The summed E-state index contributed by atoms with van der Waals surface area (Å²) >= 11 is 11.9. The molecule has 0 saturated heterocycles. The fourth-order valence-corrected chi connectivity index (χ4v) is 3.24. The third-order valence-electron chi connectivity index (χ3n) is 4.49. The predicted molar refractivity (Wildman–Crippen MR) is 117 cm³/mol. The summed E-state index contributed by atoms with van der Waals surface area (Å²) in [5.74, 6) is -0.791. The second-order valence-electron chi connectivity index (χ2n) is 7.31. The second-order valence-corrected chi connectivity index (χ2v) is 8.15. The normalized spacial score (nSPS) is 11.9. The number of rotatable bonds is 7. The minimum Gasteiger partial charge on any atom is -0.456 e. The first-order valence-corrected chi connectivity index (χ1v) is 10.3. The predicted octanol–water partition coefficient (Wildman–Crippen LogP) is 4.85. The lowest BCUT2D eigenvalue weighted by Crippen LogP contribution is -2.45. The van der Waals surface area contributed by atoms with Crippen LogP contribution in [0.15, 0.2) is 47.0 Å². The SMILES string of the molecule is Cc1ccc(-c2nc(COC(=O)[C@@H](NC(=O)c3ccc(Cl)cc3Cl)C(C)C)no2)cc1. The zero-order valence-electron chi connectivity index (χ0n) is 17.2. The topological polar surface area (TPSA) is 94.3 Å². The minimum atomic E-state index is -0.886. The molecule has 0 bridgehead atoms. The molecule has 2 aromatic carbocycles. The summed E-state index contributed by atoms with van der Waals surface area (Å²) in [5, 5.41) is 7.10. The summed E-state index contributed by atoms with van der Waals surface area (Å²) in [4.78, 5) is 29.4. The molecule has 7 nitrogen and oxygen atoms in total. The number of hydrogen-bond acceptors (Lipinski definition) is 6. The van der Waals surface area contributed by atoms with Crippen molar-refractivity contribution in [3.05, 3.63) is 69.5 Å². The van der Waals surface area contributed by atoms with E-state index in [0.29, 0.717) is 10.9 Å². The second kappa shape index (κ2) is 9.94. The number of carbonyl (C=O) groups is 2. The molecular formula is C22H21Cl2N3O4. The Bertz CT molecular complexity index is 1080. The summed E-state index contributed by atoms with van der Waals surface area (Å²) in [6.07, 6.45) is 0. The van der Waals surface area contributed by atoms with Gasteiger partial charge in [0.2, 0.25) is 5.82 Å². The van der Waals surface area contributed by atoms with E-state index in [4.69, 9.17) is 32.5 Å². The first-order valence-electron chi connectivity index (χ1n) is 9.56. The van der Waals surface area contributed by atoms with E-state index in [-0.39, 0.29) is 28.9 Å². The molecule has 3 aromatic rings. The van der Waals surface area contributed by atoms with E-state index in [9.17, 15) is 9.59 Å². The molecule has 0 aliphatic rings. The maximum atomic E-state index is 12.6. The average Bonchev–Trinajstić information content (AvgIpc) is 3.19. The van der Waals surface area contributed by atoms with Gasteiger partial charge in [0.15, 0.2) is 6.61 Å². The van der Waals surface area contributed by atoms with Gasteiger partial charge in [-0.05, 0) is 43.2 Å². The highest BCUT2D eigenvalue weighted by atomic mass is 35.5. The molecule has 1 heterocycles. The number of benzene rings is 2. The van der Waals surface area contributed by atoms with Crippen LogP contribution in [0.3, 0.4) is 0 Å². The van der Waals surface area contributed by atoms with E-state index in [1.807, 2.05) is 31.2 Å². The smallest absolute Gasteiger partial charge is 0.329 e. The van der Waals surface area contributed by atoms with Gasteiger partial charge < -0.3 is 14.6 Å². The Hall–Kier alpha value is -2.90. The lowest BCUT2D eigenvalue weighted by atomic mass is 10.0. The van der Waals surface area contributed by atoms with Crippen LogP contribution in [-0.2, 0) is 16.1 Å². The summed E-state index contributed by atoms with van der Waals surface area (Å²) in [6, 6.07) is 11.2. The minimum absolute atomic E-state index is 0.186. The van der Waals surface area contributed by atoms with Crippen LogP contribution >= 0.6 is 23.2 Å². The molecule has 0 unspecified atom stereocenters. The largest absolute Gasteiger partial charge is 0.456 e. The van der Waals surface area contributed by atoms with E-state index in [1.54, 1.807) is 19.9 Å². The Kier molecular flexibility index (Phi) is 7.30. The van der Waals surface area contributed by atoms with Crippen molar-refractivity contribution in [1.82, 2.24) is 15.5 Å². The number of nitrogens with one attached hydrogen (secondary N) is 1. The summed E-state index contributed by atoms with van der Waals surface area (Å²) in [6.45, 7) is 5.38. The first kappa shape index (κ1) is 22.8. The standard InChI is InChI=1S/C22H21Cl2N3O4/c1-12(2)19(26-20(28)16-9-8-15(23)10-17(16)24)22(29)30-11-18-25-21(31-27-18)14-6-4-13(3)5-7-14/h4-10,12,19H,11H2,1-3H3,(H,26,28)/t19-/m0/s1. The van der Waals surface area contributed by atoms with Gasteiger partial charge in [-0.2, -0.15) is 4.98 Å². The van der Waals surface area contributed by atoms with Crippen molar-refractivity contribution in [2.75, 3.05) is 0 Å². The molecule has 0 fully saturated rings. The van der Waals surface area contributed by atoms with Gasteiger partial charge in [-0.25, -0.2) is 4.79 Å². The third kappa shape index (κ3) is 5.83. The third-order valence-corrected chi connectivity index (χ3v) is 5.04. The number of aryl methyl sites for hydroxylation is 1. The van der Waals surface area contributed by atoms with Crippen molar-refractivity contribution in [1.29, 1.82) is 0 Å². The highest BCUT2D eigenvalue weighted by Gasteiger charge is 2.27. The Morgan fingerprint density at radius 3 is 2.48 bits per heavy atom. The molecule has 1 aromatic heterocycles. The molecule has 1 N–H and O–H groups in total. The quantitative estimate of drug-likeness (QED) is 0.505. The maximum Gasteiger partial charge on any atom is 0.329 e. The molecule has 1 amide bonds. The molecule has 0 aliphatic heterocycles. The highest BCUT2D eigenvalue weighted by Crippen LogP contribution is 2.22. The van der Waals surface area contributed by atoms with Crippen molar-refractivity contribution >= 4 is 35.1 Å². The number of amides is 1. The van der Waals surface area contributed by atoms with Gasteiger partial charge in [0.25, 0.3) is 11.8 Å². The monoisotopic (exact) mass is 461 g/mol. The van der Waals surface area contributed by atoms with E-state index >= 15 is 0 Å².